The Balaban J connectivity index is 1.55. The molecule has 1 aromatic carbocycles. The van der Waals surface area contributed by atoms with Crippen molar-refractivity contribution in [3.05, 3.63) is 53.3 Å². The number of hydrogen-bond donors (Lipinski definition) is 2. The normalized spacial score (nSPS) is 15.8. The van der Waals surface area contributed by atoms with E-state index in [4.69, 9.17) is 0 Å². The molecule has 2 aromatic rings. The van der Waals surface area contributed by atoms with Crippen LogP contribution >= 0.6 is 0 Å². The first-order chi connectivity index (χ1) is 14.2. The molecule has 0 spiro atoms. The number of hydrogen-bond acceptors (Lipinski definition) is 5. The van der Waals surface area contributed by atoms with E-state index < -0.39 is 10.0 Å². The fraction of sp³-hybridized carbons (Fsp3) is 0.455. The molecule has 7 nitrogen and oxygen atoms in total. The monoisotopic (exact) mass is 430 g/mol. The molecule has 1 aromatic heterocycles. The van der Waals surface area contributed by atoms with Crippen molar-refractivity contribution < 1.29 is 13.2 Å². The number of anilines is 1. The number of aryl methyl sites for hydroxylation is 2. The molecule has 1 amide bonds. The minimum atomic E-state index is -3.60. The number of amides is 1. The SMILES string of the molecule is CC(=O)Nc1c(C)cc(S(=O)(=O)NCC2CCN(Cc3cccnc3)CC2)cc1C. The third kappa shape index (κ3) is 5.87. The van der Waals surface area contributed by atoms with E-state index in [1.54, 1.807) is 32.2 Å². The average Bonchev–Trinajstić information content (AvgIpc) is 2.71. The minimum absolute atomic E-state index is 0.176. The van der Waals surface area contributed by atoms with E-state index in [0.29, 0.717) is 18.2 Å². The molecule has 0 unspecified atom stereocenters. The first-order valence-corrected chi connectivity index (χ1v) is 11.7. The maximum absolute atomic E-state index is 12.8. The Morgan fingerprint density at radius 1 is 1.20 bits per heavy atom. The predicted octanol–water partition coefficient (Wildman–Crippen LogP) is 2.85. The van der Waals surface area contributed by atoms with Crippen LogP contribution in [0.15, 0.2) is 41.6 Å². The molecule has 1 fully saturated rings. The first-order valence-electron chi connectivity index (χ1n) is 10.2. The van der Waals surface area contributed by atoms with Gasteiger partial charge in [0, 0.05) is 38.1 Å². The van der Waals surface area contributed by atoms with E-state index in [-0.39, 0.29) is 10.8 Å². The van der Waals surface area contributed by atoms with Crippen molar-refractivity contribution in [2.45, 2.75) is 45.1 Å². The van der Waals surface area contributed by atoms with Crippen LogP contribution < -0.4 is 10.0 Å². The zero-order valence-corrected chi connectivity index (χ0v) is 18.6. The number of rotatable bonds is 7. The Labute approximate surface area is 178 Å². The van der Waals surface area contributed by atoms with Crippen molar-refractivity contribution in [1.29, 1.82) is 0 Å². The predicted molar refractivity (Wildman–Crippen MR) is 118 cm³/mol. The molecule has 1 aliphatic rings. The summed E-state index contributed by atoms with van der Waals surface area (Å²) in [4.78, 5) is 18.1. The molecule has 3 rings (SSSR count). The summed E-state index contributed by atoms with van der Waals surface area (Å²) in [6.45, 7) is 8.26. The van der Waals surface area contributed by atoms with Gasteiger partial charge in [-0.25, -0.2) is 13.1 Å². The van der Waals surface area contributed by atoms with Gasteiger partial charge in [0.25, 0.3) is 0 Å². The molecular weight excluding hydrogens is 400 g/mol. The maximum atomic E-state index is 12.8. The highest BCUT2D eigenvalue weighted by molar-refractivity contribution is 7.89. The third-order valence-electron chi connectivity index (χ3n) is 5.52. The van der Waals surface area contributed by atoms with E-state index in [2.05, 4.69) is 26.0 Å². The molecule has 2 N–H and O–H groups in total. The van der Waals surface area contributed by atoms with Crippen LogP contribution in [0, 0.1) is 19.8 Å². The van der Waals surface area contributed by atoms with E-state index >= 15 is 0 Å². The van der Waals surface area contributed by atoms with Crippen LogP contribution in [0.5, 0.6) is 0 Å². The lowest BCUT2D eigenvalue weighted by molar-refractivity contribution is -0.114. The van der Waals surface area contributed by atoms with Crippen LogP contribution in [0.25, 0.3) is 0 Å². The van der Waals surface area contributed by atoms with Gasteiger partial charge in [-0.3, -0.25) is 14.7 Å². The number of benzene rings is 1. The highest BCUT2D eigenvalue weighted by Crippen LogP contribution is 2.25. The van der Waals surface area contributed by atoms with Gasteiger partial charge in [-0.05, 0) is 80.6 Å². The number of nitrogens with one attached hydrogen (secondary N) is 2. The molecule has 30 heavy (non-hydrogen) atoms. The Bertz CT molecular complexity index is 962. The fourth-order valence-corrected chi connectivity index (χ4v) is 5.15. The zero-order valence-electron chi connectivity index (χ0n) is 17.8. The zero-order chi connectivity index (χ0) is 21.7. The smallest absolute Gasteiger partial charge is 0.240 e. The molecule has 162 valence electrons. The van der Waals surface area contributed by atoms with E-state index in [9.17, 15) is 13.2 Å². The van der Waals surface area contributed by atoms with Crippen LogP contribution in [-0.4, -0.2) is 43.8 Å². The van der Waals surface area contributed by atoms with Crippen LogP contribution in [-0.2, 0) is 21.4 Å². The summed E-state index contributed by atoms with van der Waals surface area (Å²) in [5, 5.41) is 2.76. The van der Waals surface area contributed by atoms with E-state index in [1.807, 2.05) is 12.3 Å². The van der Waals surface area contributed by atoms with Gasteiger partial charge in [0.05, 0.1) is 4.90 Å². The largest absolute Gasteiger partial charge is 0.326 e. The van der Waals surface area contributed by atoms with Crippen molar-refractivity contribution in [3.8, 4) is 0 Å². The molecule has 0 radical (unpaired) electrons. The van der Waals surface area contributed by atoms with Gasteiger partial charge in [0.2, 0.25) is 15.9 Å². The summed E-state index contributed by atoms with van der Waals surface area (Å²) >= 11 is 0. The van der Waals surface area contributed by atoms with Crippen molar-refractivity contribution in [2.24, 2.45) is 5.92 Å². The number of piperidine rings is 1. The molecule has 0 bridgehead atoms. The summed E-state index contributed by atoms with van der Waals surface area (Å²) < 4.78 is 28.4. The fourth-order valence-electron chi connectivity index (χ4n) is 3.86. The Hall–Kier alpha value is -2.29. The maximum Gasteiger partial charge on any atom is 0.240 e. The number of carbonyl (C=O) groups excluding carboxylic acids is 1. The van der Waals surface area contributed by atoms with Crippen LogP contribution in [0.3, 0.4) is 0 Å². The molecule has 1 aliphatic heterocycles. The van der Waals surface area contributed by atoms with Gasteiger partial charge in [0.15, 0.2) is 0 Å². The quantitative estimate of drug-likeness (QED) is 0.705. The highest BCUT2D eigenvalue weighted by atomic mass is 32.2. The number of nitrogens with zero attached hydrogens (tertiary/aromatic N) is 2. The molecule has 0 atom stereocenters. The number of likely N-dealkylation sites (tertiary alicyclic amines) is 1. The van der Waals surface area contributed by atoms with Crippen molar-refractivity contribution in [1.82, 2.24) is 14.6 Å². The Morgan fingerprint density at radius 3 is 2.43 bits per heavy atom. The topological polar surface area (TPSA) is 91.4 Å². The standard InChI is InChI=1S/C22H30N4O3S/c1-16-11-21(12-17(2)22(16)25-18(3)27)30(28,29)24-14-19-6-9-26(10-7-19)15-20-5-4-8-23-13-20/h4-5,8,11-13,19,24H,6-7,9-10,14-15H2,1-3H3,(H,25,27). The summed E-state index contributed by atoms with van der Waals surface area (Å²) in [7, 11) is -3.60. The van der Waals surface area contributed by atoms with E-state index in [0.717, 1.165) is 43.6 Å². The second-order valence-corrected chi connectivity index (χ2v) is 9.81. The van der Waals surface area contributed by atoms with E-state index in [1.165, 1.54) is 12.5 Å². The van der Waals surface area contributed by atoms with Gasteiger partial charge < -0.3 is 5.32 Å². The molecule has 0 saturated carbocycles. The van der Waals surface area contributed by atoms with Crippen LogP contribution in [0.4, 0.5) is 5.69 Å². The number of carbonyl (C=O) groups is 1. The lowest BCUT2D eigenvalue weighted by atomic mass is 9.97. The van der Waals surface area contributed by atoms with Gasteiger partial charge in [-0.1, -0.05) is 6.07 Å². The number of pyridine rings is 1. The number of sulfonamides is 1. The lowest BCUT2D eigenvalue weighted by Gasteiger charge is -2.32. The van der Waals surface area contributed by atoms with Gasteiger partial charge >= 0.3 is 0 Å². The molecule has 2 heterocycles. The van der Waals surface area contributed by atoms with Gasteiger partial charge in [-0.2, -0.15) is 0 Å². The Kier molecular flexibility index (Phi) is 7.23. The highest BCUT2D eigenvalue weighted by Gasteiger charge is 2.23. The van der Waals surface area contributed by atoms with Crippen molar-refractivity contribution >= 4 is 21.6 Å². The summed E-state index contributed by atoms with van der Waals surface area (Å²) in [6, 6.07) is 7.24. The molecular formula is C22H30N4O3S. The molecule has 1 saturated heterocycles. The molecule has 8 heteroatoms. The lowest BCUT2D eigenvalue weighted by Crippen LogP contribution is -2.38. The second kappa shape index (κ2) is 9.68. The third-order valence-corrected chi connectivity index (χ3v) is 6.92. The minimum Gasteiger partial charge on any atom is -0.326 e. The second-order valence-electron chi connectivity index (χ2n) is 8.05. The van der Waals surface area contributed by atoms with Crippen molar-refractivity contribution in [2.75, 3.05) is 25.0 Å². The van der Waals surface area contributed by atoms with Gasteiger partial charge in [-0.15, -0.1) is 0 Å². The summed E-state index contributed by atoms with van der Waals surface area (Å²) in [5.41, 5.74) is 3.33. The summed E-state index contributed by atoms with van der Waals surface area (Å²) in [6.07, 6.45) is 5.59. The first kappa shape index (κ1) is 22.4. The summed E-state index contributed by atoms with van der Waals surface area (Å²) in [5.74, 6) is 0.149. The van der Waals surface area contributed by atoms with Crippen LogP contribution in [0.2, 0.25) is 0 Å². The Morgan fingerprint density at radius 2 is 1.87 bits per heavy atom. The van der Waals surface area contributed by atoms with Crippen molar-refractivity contribution in [3.63, 3.8) is 0 Å². The molecule has 0 aliphatic carbocycles. The van der Waals surface area contributed by atoms with Gasteiger partial charge in [0.1, 0.15) is 0 Å². The number of aromatic nitrogens is 1. The average molecular weight is 431 g/mol. The van der Waals surface area contributed by atoms with Crippen LogP contribution in [0.1, 0.15) is 36.5 Å².